The molecule has 1 unspecified atom stereocenters. The molecule has 0 aliphatic carbocycles. The number of halogens is 2. The minimum atomic E-state index is -2.49. The van der Waals surface area contributed by atoms with E-state index in [1.54, 1.807) is 0 Å². The van der Waals surface area contributed by atoms with Gasteiger partial charge in [0.1, 0.15) is 0 Å². The summed E-state index contributed by atoms with van der Waals surface area (Å²) >= 11 is 0. The quantitative estimate of drug-likeness (QED) is 0.737. The number of rotatable bonds is 6. The van der Waals surface area contributed by atoms with Crippen LogP contribution in [0.25, 0.3) is 0 Å². The van der Waals surface area contributed by atoms with Crippen molar-refractivity contribution >= 4 is 0 Å². The first-order valence-corrected chi connectivity index (χ1v) is 5.86. The normalized spacial score (nSPS) is 25.0. The van der Waals surface area contributed by atoms with Crippen molar-refractivity contribution in [1.82, 2.24) is 10.2 Å². The molecule has 0 amide bonds. The molecule has 4 heteroatoms. The fourth-order valence-electron chi connectivity index (χ4n) is 1.94. The van der Waals surface area contributed by atoms with Crippen LogP contribution >= 0.6 is 0 Å². The molecule has 1 aliphatic rings. The molecule has 15 heavy (non-hydrogen) atoms. The minimum absolute atomic E-state index is 0.00363. The fraction of sp³-hybridized carbons (Fsp3) is 1.00. The standard InChI is InChI=1S/C11H22F2N2/c1-3-4-8-15(2)9-5-10-11(12,13)6-7-14-10/h10,14H,3-9H2,1-2H3. The average Bonchev–Trinajstić information content (AvgIpc) is 2.51. The van der Waals surface area contributed by atoms with Gasteiger partial charge in [-0.3, -0.25) is 0 Å². The Balaban J connectivity index is 2.19. The second-order valence-electron chi connectivity index (χ2n) is 4.46. The molecule has 90 valence electrons. The van der Waals surface area contributed by atoms with Gasteiger partial charge in [-0.25, -0.2) is 8.78 Å². The monoisotopic (exact) mass is 220 g/mol. The lowest BCUT2D eigenvalue weighted by Crippen LogP contribution is -2.38. The molecule has 1 atom stereocenters. The molecule has 2 nitrogen and oxygen atoms in total. The molecule has 0 aromatic rings. The van der Waals surface area contributed by atoms with Gasteiger partial charge in [0.15, 0.2) is 0 Å². The van der Waals surface area contributed by atoms with Crippen LogP contribution in [0.2, 0.25) is 0 Å². The Morgan fingerprint density at radius 3 is 2.67 bits per heavy atom. The summed E-state index contributed by atoms with van der Waals surface area (Å²) in [7, 11) is 2.00. The first-order chi connectivity index (χ1) is 7.06. The Labute approximate surface area is 91.0 Å². The highest BCUT2D eigenvalue weighted by Crippen LogP contribution is 2.29. The SMILES string of the molecule is CCCCN(C)CCC1NCCC1(F)F. The van der Waals surface area contributed by atoms with E-state index in [1.807, 2.05) is 7.05 Å². The van der Waals surface area contributed by atoms with Crippen LogP contribution < -0.4 is 5.32 Å². The third-order valence-electron chi connectivity index (χ3n) is 3.05. The number of hydrogen-bond acceptors (Lipinski definition) is 2. The summed E-state index contributed by atoms with van der Waals surface area (Å²) in [5.41, 5.74) is 0. The maximum atomic E-state index is 13.2. The lowest BCUT2D eigenvalue weighted by molar-refractivity contribution is -0.0150. The van der Waals surface area contributed by atoms with Gasteiger partial charge >= 0.3 is 0 Å². The van der Waals surface area contributed by atoms with Crippen LogP contribution in [-0.2, 0) is 0 Å². The van der Waals surface area contributed by atoms with Gasteiger partial charge in [-0.15, -0.1) is 0 Å². The molecule has 0 aromatic carbocycles. The predicted molar refractivity (Wildman–Crippen MR) is 58.4 cm³/mol. The van der Waals surface area contributed by atoms with Crippen molar-refractivity contribution in [2.24, 2.45) is 0 Å². The Hall–Kier alpha value is -0.220. The van der Waals surface area contributed by atoms with E-state index in [0.717, 1.165) is 25.9 Å². The van der Waals surface area contributed by atoms with Crippen molar-refractivity contribution in [2.45, 2.75) is 44.6 Å². The molecule has 0 bridgehead atoms. The Morgan fingerprint density at radius 2 is 2.13 bits per heavy atom. The topological polar surface area (TPSA) is 15.3 Å². The smallest absolute Gasteiger partial charge is 0.264 e. The van der Waals surface area contributed by atoms with Gasteiger partial charge in [-0.1, -0.05) is 13.3 Å². The van der Waals surface area contributed by atoms with Crippen molar-refractivity contribution in [3.05, 3.63) is 0 Å². The highest BCUT2D eigenvalue weighted by molar-refractivity contribution is 4.90. The highest BCUT2D eigenvalue weighted by atomic mass is 19.3. The maximum Gasteiger partial charge on any atom is 0.264 e. The van der Waals surface area contributed by atoms with Crippen LogP contribution in [0.1, 0.15) is 32.6 Å². The van der Waals surface area contributed by atoms with Gasteiger partial charge < -0.3 is 10.2 Å². The summed E-state index contributed by atoms with van der Waals surface area (Å²) in [5, 5.41) is 2.88. The second kappa shape index (κ2) is 5.75. The zero-order valence-electron chi connectivity index (χ0n) is 9.73. The van der Waals surface area contributed by atoms with Crippen LogP contribution in [0.3, 0.4) is 0 Å². The first-order valence-electron chi connectivity index (χ1n) is 5.86. The van der Waals surface area contributed by atoms with Crippen LogP contribution in [0.4, 0.5) is 8.78 Å². The highest BCUT2D eigenvalue weighted by Gasteiger charge is 2.43. The largest absolute Gasteiger partial charge is 0.308 e. The summed E-state index contributed by atoms with van der Waals surface area (Å²) < 4.78 is 26.5. The molecule has 1 heterocycles. The number of unbranched alkanes of at least 4 members (excludes halogenated alkanes) is 1. The maximum absolute atomic E-state index is 13.2. The molecular weight excluding hydrogens is 198 g/mol. The minimum Gasteiger partial charge on any atom is -0.308 e. The number of nitrogens with one attached hydrogen (secondary N) is 1. The third kappa shape index (κ3) is 4.03. The number of hydrogen-bond donors (Lipinski definition) is 1. The molecule has 1 saturated heterocycles. The first kappa shape index (κ1) is 12.8. The van der Waals surface area contributed by atoms with Gasteiger partial charge in [-0.05, 0) is 33.0 Å². The van der Waals surface area contributed by atoms with Gasteiger partial charge in [0.2, 0.25) is 0 Å². The molecule has 1 rings (SSSR count). The third-order valence-corrected chi connectivity index (χ3v) is 3.05. The molecule has 0 spiro atoms. The number of alkyl halides is 2. The van der Waals surface area contributed by atoms with Crippen molar-refractivity contribution in [1.29, 1.82) is 0 Å². The average molecular weight is 220 g/mol. The lowest BCUT2D eigenvalue weighted by atomic mass is 10.1. The fourth-order valence-corrected chi connectivity index (χ4v) is 1.94. The molecule has 0 saturated carbocycles. The summed E-state index contributed by atoms with van der Waals surface area (Å²) in [6, 6.07) is -0.610. The van der Waals surface area contributed by atoms with E-state index in [4.69, 9.17) is 0 Å². The van der Waals surface area contributed by atoms with Crippen molar-refractivity contribution in [3.63, 3.8) is 0 Å². The van der Waals surface area contributed by atoms with E-state index in [2.05, 4.69) is 17.1 Å². The number of nitrogens with zero attached hydrogens (tertiary/aromatic N) is 1. The summed E-state index contributed by atoms with van der Waals surface area (Å²) in [4.78, 5) is 2.14. The van der Waals surface area contributed by atoms with Gasteiger partial charge in [0.25, 0.3) is 5.92 Å². The van der Waals surface area contributed by atoms with E-state index in [0.29, 0.717) is 13.0 Å². The van der Waals surface area contributed by atoms with E-state index in [1.165, 1.54) is 0 Å². The van der Waals surface area contributed by atoms with Crippen LogP contribution in [-0.4, -0.2) is 43.5 Å². The van der Waals surface area contributed by atoms with E-state index in [-0.39, 0.29) is 6.42 Å². The van der Waals surface area contributed by atoms with Crippen LogP contribution in [0.15, 0.2) is 0 Å². The predicted octanol–water partition coefficient (Wildman–Crippen LogP) is 2.11. The van der Waals surface area contributed by atoms with Crippen LogP contribution in [0, 0.1) is 0 Å². The van der Waals surface area contributed by atoms with Gasteiger partial charge in [0, 0.05) is 13.0 Å². The van der Waals surface area contributed by atoms with Crippen molar-refractivity contribution in [3.8, 4) is 0 Å². The van der Waals surface area contributed by atoms with Crippen molar-refractivity contribution < 1.29 is 8.78 Å². The molecule has 1 N–H and O–H groups in total. The van der Waals surface area contributed by atoms with E-state index in [9.17, 15) is 8.78 Å². The van der Waals surface area contributed by atoms with Crippen LogP contribution in [0.5, 0.6) is 0 Å². The summed E-state index contributed by atoms with van der Waals surface area (Å²) in [6.45, 7) is 4.36. The molecule has 0 radical (unpaired) electrons. The molecular formula is C11H22F2N2. The summed E-state index contributed by atoms with van der Waals surface area (Å²) in [5.74, 6) is -2.49. The molecule has 1 fully saturated rings. The summed E-state index contributed by atoms with van der Waals surface area (Å²) in [6.07, 6.45) is 2.84. The lowest BCUT2D eigenvalue weighted by Gasteiger charge is -2.22. The molecule has 1 aliphatic heterocycles. The van der Waals surface area contributed by atoms with Crippen molar-refractivity contribution in [2.75, 3.05) is 26.7 Å². The second-order valence-corrected chi connectivity index (χ2v) is 4.46. The molecule has 0 aromatic heterocycles. The van der Waals surface area contributed by atoms with E-state index >= 15 is 0 Å². The van der Waals surface area contributed by atoms with E-state index < -0.39 is 12.0 Å². The van der Waals surface area contributed by atoms with Gasteiger partial charge in [0.05, 0.1) is 6.04 Å². The zero-order valence-corrected chi connectivity index (χ0v) is 9.73. The zero-order chi connectivity index (χ0) is 11.3. The Bertz CT molecular complexity index is 185. The Kier molecular flexibility index (Phi) is 4.93. The Morgan fingerprint density at radius 1 is 1.40 bits per heavy atom. The van der Waals surface area contributed by atoms with Gasteiger partial charge in [-0.2, -0.15) is 0 Å².